The molecule has 10 rings (SSSR count). The van der Waals surface area contributed by atoms with E-state index in [9.17, 15) is 0 Å². The maximum Gasteiger partial charge on any atom is 0.0540 e. The van der Waals surface area contributed by atoms with Crippen LogP contribution in [0, 0.1) is 0 Å². The molecule has 0 aliphatic heterocycles. The average Bonchev–Trinajstić information content (AvgIpc) is 3.49. The number of benzene rings is 9. The molecular weight excluding hydrogens is 689 g/mol. The van der Waals surface area contributed by atoms with Gasteiger partial charge in [0.15, 0.2) is 0 Å². The third-order valence-electron chi connectivity index (χ3n) is 11.6. The molecule has 57 heavy (non-hydrogen) atoms. The van der Waals surface area contributed by atoms with Gasteiger partial charge in [-0.15, -0.1) is 0 Å². The van der Waals surface area contributed by atoms with Gasteiger partial charge in [0.1, 0.15) is 0 Å². The molecule has 0 radical (unpaired) electrons. The highest BCUT2D eigenvalue weighted by molar-refractivity contribution is 6.04. The fourth-order valence-corrected chi connectivity index (χ4v) is 8.73. The molecule has 2 nitrogen and oxygen atoms in total. The van der Waals surface area contributed by atoms with Gasteiger partial charge in [-0.1, -0.05) is 172 Å². The van der Waals surface area contributed by atoms with Gasteiger partial charge in [0, 0.05) is 38.9 Å². The van der Waals surface area contributed by atoms with Crippen molar-refractivity contribution in [2.75, 3.05) is 9.80 Å². The van der Waals surface area contributed by atoms with Crippen LogP contribution in [0.25, 0.3) is 44.8 Å². The zero-order valence-electron chi connectivity index (χ0n) is 32.2. The fourth-order valence-electron chi connectivity index (χ4n) is 8.73. The predicted molar refractivity (Wildman–Crippen MR) is 244 cm³/mol. The Hall–Kier alpha value is -7.16. The van der Waals surface area contributed by atoms with Crippen LogP contribution in [0.5, 0.6) is 0 Å². The molecule has 2 heteroatoms. The lowest BCUT2D eigenvalue weighted by atomic mass is 9.81. The first-order valence-electron chi connectivity index (χ1n) is 19.8. The van der Waals surface area contributed by atoms with E-state index < -0.39 is 0 Å². The normalized spacial score (nSPS) is 12.8. The Morgan fingerprint density at radius 2 is 0.789 bits per heavy atom. The highest BCUT2D eigenvalue weighted by Crippen LogP contribution is 2.51. The van der Waals surface area contributed by atoms with Crippen molar-refractivity contribution in [1.29, 1.82) is 0 Å². The van der Waals surface area contributed by atoms with Crippen molar-refractivity contribution in [2.45, 2.75) is 19.3 Å². The van der Waals surface area contributed by atoms with Crippen LogP contribution < -0.4 is 9.80 Å². The molecule has 0 spiro atoms. The molecule has 0 heterocycles. The number of rotatable bonds is 8. The van der Waals surface area contributed by atoms with Crippen LogP contribution in [0.4, 0.5) is 34.1 Å². The molecule has 0 amide bonds. The summed E-state index contributed by atoms with van der Waals surface area (Å²) in [4.78, 5) is 4.75. The van der Waals surface area contributed by atoms with Gasteiger partial charge in [-0.3, -0.25) is 0 Å². The van der Waals surface area contributed by atoms with Crippen LogP contribution in [-0.4, -0.2) is 0 Å². The highest BCUT2D eigenvalue weighted by atomic mass is 15.1. The highest BCUT2D eigenvalue weighted by Gasteiger charge is 2.36. The Morgan fingerprint density at radius 3 is 1.39 bits per heavy atom. The Labute approximate surface area is 335 Å². The van der Waals surface area contributed by atoms with E-state index in [1.165, 1.54) is 49.4 Å². The lowest BCUT2D eigenvalue weighted by molar-refractivity contribution is 0.660. The van der Waals surface area contributed by atoms with Crippen LogP contribution >= 0.6 is 0 Å². The summed E-state index contributed by atoms with van der Waals surface area (Å²) in [5, 5.41) is 4.89. The molecule has 1 aliphatic rings. The van der Waals surface area contributed by atoms with E-state index in [-0.39, 0.29) is 5.41 Å². The lowest BCUT2D eigenvalue weighted by Crippen LogP contribution is -2.16. The molecule has 0 unspecified atom stereocenters. The fraction of sp³-hybridized carbons (Fsp3) is 0.0545. The summed E-state index contributed by atoms with van der Waals surface area (Å²) in [6, 6.07) is 74.6. The molecule has 0 aromatic heterocycles. The smallest absolute Gasteiger partial charge is 0.0540 e. The molecule has 0 N–H and O–H groups in total. The van der Waals surface area contributed by atoms with Gasteiger partial charge in [-0.2, -0.15) is 0 Å². The monoisotopic (exact) mass is 730 g/mol. The van der Waals surface area contributed by atoms with Crippen LogP contribution in [0.15, 0.2) is 206 Å². The van der Waals surface area contributed by atoms with E-state index in [0.717, 1.165) is 39.7 Å². The van der Waals surface area contributed by atoms with Crippen molar-refractivity contribution in [3.8, 4) is 11.1 Å². The minimum absolute atomic E-state index is 0.155. The van der Waals surface area contributed by atoms with Crippen molar-refractivity contribution in [3.63, 3.8) is 0 Å². The van der Waals surface area contributed by atoms with Gasteiger partial charge in [0.05, 0.1) is 11.4 Å². The van der Waals surface area contributed by atoms with E-state index in [1.807, 2.05) is 0 Å². The van der Waals surface area contributed by atoms with E-state index in [1.54, 1.807) is 0 Å². The number of fused-ring (bicyclic) bond motifs is 5. The van der Waals surface area contributed by atoms with Crippen molar-refractivity contribution in [1.82, 2.24) is 0 Å². The molecule has 0 bridgehead atoms. The SMILES string of the molecule is CC1(C)c2cc(/C=C/c3ccc(N(c4cccc5ccccc45)c4cccc5ccccc45)cc3)ccc2-c2ccc(N(c3ccccc3)c3ccccc3)cc21. The third kappa shape index (κ3) is 6.16. The van der Waals surface area contributed by atoms with E-state index in [4.69, 9.17) is 0 Å². The number of nitrogens with zero attached hydrogens (tertiary/aromatic N) is 2. The molecule has 0 saturated heterocycles. The molecule has 0 saturated carbocycles. The van der Waals surface area contributed by atoms with E-state index >= 15 is 0 Å². The summed E-state index contributed by atoms with van der Waals surface area (Å²) < 4.78 is 0. The quantitative estimate of drug-likeness (QED) is 0.144. The molecule has 0 atom stereocenters. The standard InChI is InChI=1S/C55H42N2/c1-55(2)51-37-40(31-35-49(51)50-36-34-46(38-52(50)55)56(43-19-5-3-6-20-43)44-21-7-4-8-22-44)28-27-39-29-32-45(33-30-39)57(53-25-13-17-41-15-9-11-23-47(41)53)54-26-14-18-42-16-10-12-24-48(42)54/h3-38H,1-2H3/b28-27+. The minimum atomic E-state index is -0.155. The van der Waals surface area contributed by atoms with Crippen LogP contribution in [0.1, 0.15) is 36.1 Å². The molecule has 9 aromatic carbocycles. The topological polar surface area (TPSA) is 6.48 Å². The van der Waals surface area contributed by atoms with Gasteiger partial charge in [-0.05, 0) is 105 Å². The summed E-state index contributed by atoms with van der Waals surface area (Å²) in [6.45, 7) is 4.72. The minimum Gasteiger partial charge on any atom is -0.310 e. The Kier molecular flexibility index (Phi) is 8.53. The van der Waals surface area contributed by atoms with E-state index in [0.29, 0.717) is 0 Å². The number of anilines is 6. The van der Waals surface area contributed by atoms with E-state index in [2.05, 4.69) is 242 Å². The molecule has 1 aliphatic carbocycles. The van der Waals surface area contributed by atoms with Gasteiger partial charge in [-0.25, -0.2) is 0 Å². The molecule has 0 fully saturated rings. The van der Waals surface area contributed by atoms with Crippen LogP contribution in [0.2, 0.25) is 0 Å². The molecule has 272 valence electrons. The summed E-state index contributed by atoms with van der Waals surface area (Å²) >= 11 is 0. The average molecular weight is 731 g/mol. The first-order valence-corrected chi connectivity index (χ1v) is 19.8. The largest absolute Gasteiger partial charge is 0.310 e. The summed E-state index contributed by atoms with van der Waals surface area (Å²) in [5.74, 6) is 0. The zero-order valence-corrected chi connectivity index (χ0v) is 32.2. The number of hydrogen-bond acceptors (Lipinski definition) is 2. The Bertz CT molecular complexity index is 2800. The van der Waals surface area contributed by atoms with Crippen LogP contribution in [-0.2, 0) is 5.41 Å². The second-order valence-electron chi connectivity index (χ2n) is 15.4. The Balaban J connectivity index is 0.967. The van der Waals surface area contributed by atoms with Crippen molar-refractivity contribution < 1.29 is 0 Å². The molecular formula is C55H42N2. The predicted octanol–water partition coefficient (Wildman–Crippen LogP) is 15.4. The van der Waals surface area contributed by atoms with Crippen molar-refractivity contribution in [3.05, 3.63) is 229 Å². The zero-order chi connectivity index (χ0) is 38.3. The van der Waals surface area contributed by atoms with Crippen molar-refractivity contribution >= 4 is 67.8 Å². The maximum absolute atomic E-state index is 2.41. The first kappa shape index (κ1) is 34.3. The van der Waals surface area contributed by atoms with Crippen LogP contribution in [0.3, 0.4) is 0 Å². The second-order valence-corrected chi connectivity index (χ2v) is 15.4. The van der Waals surface area contributed by atoms with Gasteiger partial charge in [0.25, 0.3) is 0 Å². The van der Waals surface area contributed by atoms with Crippen molar-refractivity contribution in [2.24, 2.45) is 0 Å². The summed E-state index contributed by atoms with van der Waals surface area (Å²) in [5.41, 5.74) is 14.4. The van der Waals surface area contributed by atoms with Gasteiger partial charge >= 0.3 is 0 Å². The Morgan fingerprint density at radius 1 is 0.351 bits per heavy atom. The third-order valence-corrected chi connectivity index (χ3v) is 11.6. The first-order chi connectivity index (χ1) is 28.0. The maximum atomic E-state index is 2.41. The number of hydrogen-bond donors (Lipinski definition) is 0. The molecule has 9 aromatic rings. The summed E-state index contributed by atoms with van der Waals surface area (Å²) in [7, 11) is 0. The summed E-state index contributed by atoms with van der Waals surface area (Å²) in [6.07, 6.45) is 4.48. The second kappa shape index (κ2) is 14.2. The number of para-hydroxylation sites is 2. The lowest BCUT2D eigenvalue weighted by Gasteiger charge is -2.28. The van der Waals surface area contributed by atoms with Gasteiger partial charge in [0.2, 0.25) is 0 Å². The van der Waals surface area contributed by atoms with Gasteiger partial charge < -0.3 is 9.80 Å².